The van der Waals surface area contributed by atoms with Crippen molar-refractivity contribution < 1.29 is 5.11 Å². The predicted molar refractivity (Wildman–Crippen MR) is 130 cm³/mol. The molecule has 0 atom stereocenters. The van der Waals surface area contributed by atoms with Gasteiger partial charge in [-0.2, -0.15) is 0 Å². The molecule has 0 aliphatic heterocycles. The molecule has 2 aromatic heterocycles. The molecule has 5 aromatic rings. The molecule has 0 amide bonds. The van der Waals surface area contributed by atoms with Crippen molar-refractivity contribution in [3.05, 3.63) is 85.2 Å². The third-order valence-electron chi connectivity index (χ3n) is 4.41. The lowest BCUT2D eigenvalue weighted by atomic mass is 10.1. The lowest BCUT2D eigenvalue weighted by Gasteiger charge is -2.06. The molecule has 1 N–H and O–H groups in total. The van der Waals surface area contributed by atoms with Crippen LogP contribution in [0.15, 0.2) is 69.6 Å². The van der Waals surface area contributed by atoms with E-state index < -0.39 is 0 Å². The molecule has 142 valence electrons. The average molecular weight is 544 g/mol. The Hall–Kier alpha value is -2.06. The van der Waals surface area contributed by atoms with Crippen LogP contribution in [-0.4, -0.2) is 15.1 Å². The number of thiazole rings is 2. The van der Waals surface area contributed by atoms with Crippen molar-refractivity contribution in [1.29, 1.82) is 0 Å². The summed E-state index contributed by atoms with van der Waals surface area (Å²) in [5.74, 6) is 0.188. The Bertz CT molecular complexity index is 1260. The summed E-state index contributed by atoms with van der Waals surface area (Å²) in [7, 11) is 0. The van der Waals surface area contributed by atoms with Gasteiger partial charge in [0.1, 0.15) is 15.8 Å². The van der Waals surface area contributed by atoms with Crippen molar-refractivity contribution in [1.82, 2.24) is 9.97 Å². The van der Waals surface area contributed by atoms with Crippen LogP contribution in [0, 0.1) is 0 Å². The number of phenols is 1. The van der Waals surface area contributed by atoms with E-state index in [0.29, 0.717) is 10.0 Å². The molecule has 0 aliphatic carbocycles. The maximum Gasteiger partial charge on any atom is 0.137 e. The van der Waals surface area contributed by atoms with Crippen molar-refractivity contribution in [2.75, 3.05) is 0 Å². The third kappa shape index (κ3) is 3.64. The summed E-state index contributed by atoms with van der Waals surface area (Å²) in [6.45, 7) is 0. The van der Waals surface area contributed by atoms with Crippen LogP contribution in [0.4, 0.5) is 0 Å². The second-order valence-electron chi connectivity index (χ2n) is 6.36. The summed E-state index contributed by atoms with van der Waals surface area (Å²) in [5, 5.41) is 12.3. The minimum absolute atomic E-state index is 0.188. The molecule has 3 aromatic carbocycles. The molecule has 7 heteroatoms. The number of phenolic OH excluding ortho intramolecular Hbond substituents is 1. The lowest BCUT2D eigenvalue weighted by molar-refractivity contribution is 0.470. The second-order valence-corrected chi connectivity index (χ2v) is 10.2. The van der Waals surface area contributed by atoms with Gasteiger partial charge in [-0.15, -0.1) is 22.7 Å². The molecule has 0 bridgehead atoms. The van der Waals surface area contributed by atoms with E-state index in [2.05, 4.69) is 44.0 Å². The highest BCUT2D eigenvalue weighted by atomic mass is 79.9. The zero-order chi connectivity index (χ0) is 20.0. The van der Waals surface area contributed by atoms with Crippen LogP contribution in [0.2, 0.25) is 0 Å². The van der Waals surface area contributed by atoms with Crippen LogP contribution < -0.4 is 0 Å². The minimum Gasteiger partial charge on any atom is -0.506 e. The summed E-state index contributed by atoms with van der Waals surface area (Å²) in [5.41, 5.74) is 3.51. The number of halogens is 2. The van der Waals surface area contributed by atoms with Gasteiger partial charge in [0.15, 0.2) is 0 Å². The highest BCUT2D eigenvalue weighted by Crippen LogP contribution is 2.39. The largest absolute Gasteiger partial charge is 0.506 e. The van der Waals surface area contributed by atoms with Gasteiger partial charge in [-0.25, -0.2) is 9.97 Å². The Morgan fingerprint density at radius 3 is 1.93 bits per heavy atom. The fourth-order valence-corrected chi connectivity index (χ4v) is 6.33. The summed E-state index contributed by atoms with van der Waals surface area (Å²) in [4.78, 5) is 9.68. The van der Waals surface area contributed by atoms with Crippen LogP contribution in [0.5, 0.6) is 5.75 Å². The molecular formula is C22H12Br2N2OS2. The standard InChI is InChI=1S/C22H12Br2N2OS2/c23-13-9-12(20(27)15(24)11-13)10-14(21-25-16-5-1-3-7-18(16)28-21)22-26-17-6-2-4-8-19(17)29-22/h1-11,27H. The number of aromatic nitrogens is 2. The van der Waals surface area contributed by atoms with E-state index in [9.17, 15) is 5.11 Å². The van der Waals surface area contributed by atoms with Gasteiger partial charge in [-0.3, -0.25) is 0 Å². The van der Waals surface area contributed by atoms with Crippen LogP contribution in [0.3, 0.4) is 0 Å². The van der Waals surface area contributed by atoms with E-state index in [1.165, 1.54) is 0 Å². The highest BCUT2D eigenvalue weighted by molar-refractivity contribution is 9.11. The number of hydrogen-bond acceptors (Lipinski definition) is 5. The molecular weight excluding hydrogens is 532 g/mol. The number of para-hydroxylation sites is 2. The van der Waals surface area contributed by atoms with E-state index in [4.69, 9.17) is 9.97 Å². The minimum atomic E-state index is 0.188. The fraction of sp³-hybridized carbons (Fsp3) is 0. The maximum atomic E-state index is 10.6. The number of nitrogens with zero attached hydrogens (tertiary/aromatic N) is 2. The van der Waals surface area contributed by atoms with Crippen molar-refractivity contribution in [2.45, 2.75) is 0 Å². The van der Waals surface area contributed by atoms with Gasteiger partial charge in [-0.1, -0.05) is 40.2 Å². The van der Waals surface area contributed by atoms with E-state index >= 15 is 0 Å². The third-order valence-corrected chi connectivity index (χ3v) is 7.61. The maximum absolute atomic E-state index is 10.6. The van der Waals surface area contributed by atoms with Gasteiger partial charge < -0.3 is 5.11 Å². The monoisotopic (exact) mass is 542 g/mol. The number of aromatic hydroxyl groups is 1. The SMILES string of the molecule is Oc1c(Br)cc(Br)cc1C=C(c1nc2ccccc2s1)c1nc2ccccc2s1. The van der Waals surface area contributed by atoms with Crippen molar-refractivity contribution in [3.8, 4) is 5.75 Å². The van der Waals surface area contributed by atoms with Gasteiger partial charge in [-0.05, 0) is 58.4 Å². The zero-order valence-corrected chi connectivity index (χ0v) is 19.6. The fourth-order valence-electron chi connectivity index (χ4n) is 3.04. The number of rotatable bonds is 3. The first-order valence-electron chi connectivity index (χ1n) is 8.70. The van der Waals surface area contributed by atoms with E-state index in [1.807, 2.05) is 54.6 Å². The molecule has 0 unspecified atom stereocenters. The first kappa shape index (κ1) is 18.9. The number of benzene rings is 3. The Morgan fingerprint density at radius 1 is 0.828 bits per heavy atom. The summed E-state index contributed by atoms with van der Waals surface area (Å²) in [6.07, 6.45) is 1.96. The van der Waals surface area contributed by atoms with Gasteiger partial charge in [0, 0.05) is 15.6 Å². The smallest absolute Gasteiger partial charge is 0.137 e. The normalized spacial score (nSPS) is 11.2. The first-order valence-corrected chi connectivity index (χ1v) is 11.9. The number of hydrogen-bond donors (Lipinski definition) is 1. The average Bonchev–Trinajstić information content (AvgIpc) is 3.33. The molecule has 3 nitrogen and oxygen atoms in total. The van der Waals surface area contributed by atoms with Crippen molar-refractivity contribution in [3.63, 3.8) is 0 Å². The second kappa shape index (κ2) is 7.65. The lowest BCUT2D eigenvalue weighted by Crippen LogP contribution is -1.88. The van der Waals surface area contributed by atoms with Gasteiger partial charge >= 0.3 is 0 Å². The summed E-state index contributed by atoms with van der Waals surface area (Å²) < 4.78 is 3.75. The Labute approximate surface area is 191 Å². The molecule has 0 fully saturated rings. The summed E-state index contributed by atoms with van der Waals surface area (Å²) in [6, 6.07) is 19.9. The van der Waals surface area contributed by atoms with Crippen LogP contribution in [-0.2, 0) is 0 Å². The Kier molecular flexibility index (Phi) is 4.99. The van der Waals surface area contributed by atoms with Crippen LogP contribution in [0.25, 0.3) is 32.1 Å². The van der Waals surface area contributed by atoms with E-state index in [-0.39, 0.29) is 5.75 Å². The van der Waals surface area contributed by atoms with E-state index in [0.717, 1.165) is 40.5 Å². The quantitative estimate of drug-likeness (QED) is 0.253. The van der Waals surface area contributed by atoms with Gasteiger partial charge in [0.2, 0.25) is 0 Å². The van der Waals surface area contributed by atoms with Gasteiger partial charge in [0.25, 0.3) is 0 Å². The molecule has 0 spiro atoms. The highest BCUT2D eigenvalue weighted by Gasteiger charge is 2.17. The van der Waals surface area contributed by atoms with Crippen LogP contribution in [0.1, 0.15) is 15.6 Å². The Balaban J connectivity index is 1.77. The summed E-state index contributed by atoms with van der Waals surface area (Å²) >= 11 is 10.2. The van der Waals surface area contributed by atoms with Crippen molar-refractivity contribution >= 4 is 86.6 Å². The van der Waals surface area contributed by atoms with E-state index in [1.54, 1.807) is 22.7 Å². The molecule has 0 saturated carbocycles. The van der Waals surface area contributed by atoms with Crippen molar-refractivity contribution in [2.24, 2.45) is 0 Å². The number of fused-ring (bicyclic) bond motifs is 2. The molecule has 0 saturated heterocycles. The Morgan fingerprint density at radius 2 is 1.38 bits per heavy atom. The molecule has 0 aliphatic rings. The first-order chi connectivity index (χ1) is 14.1. The molecule has 29 heavy (non-hydrogen) atoms. The van der Waals surface area contributed by atoms with Crippen LogP contribution >= 0.6 is 54.5 Å². The zero-order valence-electron chi connectivity index (χ0n) is 14.8. The topological polar surface area (TPSA) is 46.0 Å². The molecule has 0 radical (unpaired) electrons. The molecule has 5 rings (SSSR count). The predicted octanol–water partition coefficient (Wildman–Crippen LogP) is 7.73. The van der Waals surface area contributed by atoms with Gasteiger partial charge in [0.05, 0.1) is 24.9 Å². The molecule has 2 heterocycles.